The Bertz CT molecular complexity index is 310. The standard InChI is InChI=1S/C10H11BrO2/c1-7-4-3-5-8(6-7)9(11)10(12)13-2/h3-6,9H,1-2H3. The lowest BCUT2D eigenvalue weighted by molar-refractivity contribution is -0.139. The van der Waals surface area contributed by atoms with Crippen molar-refractivity contribution < 1.29 is 9.53 Å². The van der Waals surface area contributed by atoms with Crippen LogP contribution in [0.15, 0.2) is 24.3 Å². The number of hydrogen-bond acceptors (Lipinski definition) is 2. The summed E-state index contributed by atoms with van der Waals surface area (Å²) in [6, 6.07) is 7.75. The molecule has 0 N–H and O–H groups in total. The van der Waals surface area contributed by atoms with Crippen LogP contribution in [0.2, 0.25) is 0 Å². The third-order valence-corrected chi connectivity index (χ3v) is 2.65. The zero-order chi connectivity index (χ0) is 9.84. The van der Waals surface area contributed by atoms with Gasteiger partial charge in [0.2, 0.25) is 0 Å². The first-order valence-electron chi connectivity index (χ1n) is 3.93. The quantitative estimate of drug-likeness (QED) is 0.589. The van der Waals surface area contributed by atoms with Gasteiger partial charge in [0, 0.05) is 0 Å². The maximum Gasteiger partial charge on any atom is 0.323 e. The normalized spacial score (nSPS) is 12.2. The molecule has 1 rings (SSSR count). The van der Waals surface area contributed by atoms with E-state index in [1.165, 1.54) is 7.11 Å². The Morgan fingerprint density at radius 3 is 2.77 bits per heavy atom. The number of carbonyl (C=O) groups excluding carboxylic acids is 1. The Balaban J connectivity index is 2.88. The SMILES string of the molecule is COC(=O)C(Br)c1cccc(C)c1. The zero-order valence-electron chi connectivity index (χ0n) is 7.58. The first-order valence-corrected chi connectivity index (χ1v) is 4.85. The van der Waals surface area contributed by atoms with Gasteiger partial charge in [0.1, 0.15) is 4.83 Å². The molecule has 13 heavy (non-hydrogen) atoms. The van der Waals surface area contributed by atoms with E-state index in [0.29, 0.717) is 0 Å². The molecule has 0 aliphatic heterocycles. The minimum Gasteiger partial charge on any atom is -0.468 e. The molecule has 2 nitrogen and oxygen atoms in total. The van der Waals surface area contributed by atoms with E-state index in [1.807, 2.05) is 31.2 Å². The highest BCUT2D eigenvalue weighted by Crippen LogP contribution is 2.24. The largest absolute Gasteiger partial charge is 0.468 e. The number of ether oxygens (including phenoxy) is 1. The number of carbonyl (C=O) groups is 1. The molecule has 1 aromatic carbocycles. The molecule has 1 aromatic rings. The van der Waals surface area contributed by atoms with Crippen molar-refractivity contribution in [2.24, 2.45) is 0 Å². The molecule has 0 aliphatic carbocycles. The van der Waals surface area contributed by atoms with Gasteiger partial charge in [-0.05, 0) is 12.5 Å². The summed E-state index contributed by atoms with van der Waals surface area (Å²) < 4.78 is 4.62. The Labute approximate surface area is 86.0 Å². The van der Waals surface area contributed by atoms with Crippen LogP contribution in [0.3, 0.4) is 0 Å². The number of aryl methyl sites for hydroxylation is 1. The molecule has 0 aliphatic rings. The number of methoxy groups -OCH3 is 1. The third-order valence-electron chi connectivity index (χ3n) is 1.74. The van der Waals surface area contributed by atoms with E-state index in [2.05, 4.69) is 20.7 Å². The molecule has 70 valence electrons. The van der Waals surface area contributed by atoms with Crippen molar-refractivity contribution in [1.29, 1.82) is 0 Å². The number of esters is 1. The lowest BCUT2D eigenvalue weighted by Crippen LogP contribution is -2.08. The van der Waals surface area contributed by atoms with Crippen molar-refractivity contribution in [3.05, 3.63) is 35.4 Å². The molecule has 1 atom stereocenters. The summed E-state index contributed by atoms with van der Waals surface area (Å²) in [5.41, 5.74) is 2.05. The van der Waals surface area contributed by atoms with Crippen molar-refractivity contribution >= 4 is 21.9 Å². The van der Waals surface area contributed by atoms with E-state index >= 15 is 0 Å². The van der Waals surface area contributed by atoms with Gasteiger partial charge in [-0.2, -0.15) is 0 Å². The number of rotatable bonds is 2. The molecule has 3 heteroatoms. The molecule has 0 radical (unpaired) electrons. The fourth-order valence-corrected chi connectivity index (χ4v) is 1.54. The van der Waals surface area contributed by atoms with Crippen molar-refractivity contribution in [1.82, 2.24) is 0 Å². The minimum absolute atomic E-state index is 0.273. The van der Waals surface area contributed by atoms with Gasteiger partial charge in [-0.1, -0.05) is 45.8 Å². The fourth-order valence-electron chi connectivity index (χ4n) is 1.07. The summed E-state index contributed by atoms with van der Waals surface area (Å²) in [6.07, 6.45) is 0. The van der Waals surface area contributed by atoms with Crippen molar-refractivity contribution in [3.63, 3.8) is 0 Å². The molecular formula is C10H11BrO2. The predicted octanol–water partition coefficient (Wildman–Crippen LogP) is 2.60. The van der Waals surface area contributed by atoms with Crippen LogP contribution < -0.4 is 0 Å². The van der Waals surface area contributed by atoms with E-state index < -0.39 is 0 Å². The number of alkyl halides is 1. The summed E-state index contributed by atoms with van der Waals surface area (Å²) >= 11 is 3.27. The zero-order valence-corrected chi connectivity index (χ0v) is 9.17. The Hall–Kier alpha value is -0.830. The van der Waals surface area contributed by atoms with Crippen LogP contribution in [-0.2, 0) is 9.53 Å². The Morgan fingerprint density at radius 1 is 1.54 bits per heavy atom. The van der Waals surface area contributed by atoms with Gasteiger partial charge < -0.3 is 4.74 Å². The highest BCUT2D eigenvalue weighted by Gasteiger charge is 2.16. The van der Waals surface area contributed by atoms with E-state index in [0.717, 1.165) is 11.1 Å². The molecule has 0 spiro atoms. The molecule has 0 saturated heterocycles. The fraction of sp³-hybridized carbons (Fsp3) is 0.300. The second kappa shape index (κ2) is 4.42. The van der Waals surface area contributed by atoms with Gasteiger partial charge >= 0.3 is 5.97 Å². The number of benzene rings is 1. The highest BCUT2D eigenvalue weighted by atomic mass is 79.9. The van der Waals surface area contributed by atoms with E-state index in [9.17, 15) is 4.79 Å². The van der Waals surface area contributed by atoms with Crippen LogP contribution in [0.5, 0.6) is 0 Å². The van der Waals surface area contributed by atoms with Crippen molar-refractivity contribution in [3.8, 4) is 0 Å². The van der Waals surface area contributed by atoms with E-state index in [1.54, 1.807) is 0 Å². The average molecular weight is 243 g/mol. The maximum absolute atomic E-state index is 11.2. The monoisotopic (exact) mass is 242 g/mol. The van der Waals surface area contributed by atoms with Crippen molar-refractivity contribution in [2.45, 2.75) is 11.8 Å². The molecule has 0 heterocycles. The van der Waals surface area contributed by atoms with Gasteiger partial charge in [-0.25, -0.2) is 0 Å². The summed E-state index contributed by atoms with van der Waals surface area (Å²) in [4.78, 5) is 10.8. The van der Waals surface area contributed by atoms with E-state index in [-0.39, 0.29) is 10.8 Å². The van der Waals surface area contributed by atoms with Gasteiger partial charge in [-0.15, -0.1) is 0 Å². The molecule has 0 amide bonds. The van der Waals surface area contributed by atoms with Gasteiger partial charge in [0.15, 0.2) is 0 Å². The van der Waals surface area contributed by atoms with Gasteiger partial charge in [0.25, 0.3) is 0 Å². The van der Waals surface area contributed by atoms with E-state index in [4.69, 9.17) is 0 Å². The molecule has 1 unspecified atom stereocenters. The van der Waals surface area contributed by atoms with Crippen LogP contribution in [0, 0.1) is 6.92 Å². The third kappa shape index (κ3) is 2.56. The first kappa shape index (κ1) is 10.3. The van der Waals surface area contributed by atoms with Crippen LogP contribution in [-0.4, -0.2) is 13.1 Å². The molecule has 0 fully saturated rings. The van der Waals surface area contributed by atoms with Crippen LogP contribution in [0.4, 0.5) is 0 Å². The minimum atomic E-state index is -0.364. The number of hydrogen-bond donors (Lipinski definition) is 0. The molecule has 0 aromatic heterocycles. The molecular weight excluding hydrogens is 232 g/mol. The number of halogens is 1. The highest BCUT2D eigenvalue weighted by molar-refractivity contribution is 9.09. The summed E-state index contributed by atoms with van der Waals surface area (Å²) in [6.45, 7) is 1.99. The Kier molecular flexibility index (Phi) is 3.48. The molecule has 0 bridgehead atoms. The topological polar surface area (TPSA) is 26.3 Å². The lowest BCUT2D eigenvalue weighted by atomic mass is 10.1. The smallest absolute Gasteiger partial charge is 0.323 e. The van der Waals surface area contributed by atoms with Crippen LogP contribution in [0.1, 0.15) is 16.0 Å². The summed E-state index contributed by atoms with van der Waals surface area (Å²) in [5.74, 6) is -0.273. The second-order valence-electron chi connectivity index (χ2n) is 2.80. The molecule has 0 saturated carbocycles. The Morgan fingerprint density at radius 2 is 2.23 bits per heavy atom. The van der Waals surface area contributed by atoms with Gasteiger partial charge in [0.05, 0.1) is 7.11 Å². The maximum atomic E-state index is 11.2. The summed E-state index contributed by atoms with van der Waals surface area (Å²) in [7, 11) is 1.38. The average Bonchev–Trinajstić information content (AvgIpc) is 2.15. The van der Waals surface area contributed by atoms with Crippen molar-refractivity contribution in [2.75, 3.05) is 7.11 Å². The van der Waals surface area contributed by atoms with Gasteiger partial charge in [-0.3, -0.25) is 4.79 Å². The summed E-state index contributed by atoms with van der Waals surface area (Å²) in [5, 5.41) is 0. The van der Waals surface area contributed by atoms with Crippen LogP contribution >= 0.6 is 15.9 Å². The second-order valence-corrected chi connectivity index (χ2v) is 3.72. The lowest BCUT2D eigenvalue weighted by Gasteiger charge is -2.07. The predicted molar refractivity (Wildman–Crippen MR) is 54.9 cm³/mol. The first-order chi connectivity index (χ1) is 6.15. The van der Waals surface area contributed by atoms with Crippen LogP contribution in [0.25, 0.3) is 0 Å².